The summed E-state index contributed by atoms with van der Waals surface area (Å²) >= 11 is 0. The molecule has 3 aromatic carbocycles. The first kappa shape index (κ1) is 36.0. The zero-order valence-corrected chi connectivity index (χ0v) is 33.2. The number of hydrogen-bond acceptors (Lipinski definition) is 7. The van der Waals surface area contributed by atoms with E-state index in [9.17, 15) is 0 Å². The van der Waals surface area contributed by atoms with E-state index in [1.54, 1.807) is 17.0 Å². The van der Waals surface area contributed by atoms with Gasteiger partial charge in [0.05, 0.1) is 0 Å². The minimum atomic E-state index is -0.338. The lowest BCUT2D eigenvalue weighted by Gasteiger charge is -2.42. The highest BCUT2D eigenvalue weighted by Gasteiger charge is 2.41. The molecule has 0 radical (unpaired) electrons. The van der Waals surface area contributed by atoms with Crippen LogP contribution in [-0.4, -0.2) is 40.3 Å². The number of amidine groups is 3. The molecule has 3 heterocycles. The third-order valence-corrected chi connectivity index (χ3v) is 14.2. The number of halogens is 2. The fourth-order valence-electron chi connectivity index (χ4n) is 9.50. The van der Waals surface area contributed by atoms with Gasteiger partial charge in [0.25, 0.3) is 0 Å². The van der Waals surface area contributed by atoms with Crippen LogP contribution in [0.3, 0.4) is 0 Å². The van der Waals surface area contributed by atoms with Gasteiger partial charge in [-0.25, -0.2) is 13.7 Å². The van der Waals surface area contributed by atoms with Gasteiger partial charge in [0, 0.05) is 16.7 Å². The Morgan fingerprint density at radius 2 is 0.800 bits per heavy atom. The van der Waals surface area contributed by atoms with Crippen molar-refractivity contribution in [2.45, 2.75) is 122 Å². The molecule has 0 aromatic heterocycles. The van der Waals surface area contributed by atoms with E-state index in [1.165, 1.54) is 55.4 Å². The van der Waals surface area contributed by atoms with Crippen LogP contribution in [0.1, 0.15) is 138 Å². The van der Waals surface area contributed by atoms with Gasteiger partial charge in [0.15, 0.2) is 17.5 Å². The lowest BCUT2D eigenvalue weighted by Crippen LogP contribution is -2.48. The number of hydrogen-bond donors (Lipinski definition) is 0. The van der Waals surface area contributed by atoms with E-state index in [4.69, 9.17) is 30.0 Å². The van der Waals surface area contributed by atoms with Crippen LogP contribution in [0, 0.1) is 36.3 Å². The van der Waals surface area contributed by atoms with Gasteiger partial charge < -0.3 is 0 Å². The Hall–Kier alpha value is -4.66. The van der Waals surface area contributed by atoms with Gasteiger partial charge in [0.1, 0.15) is 11.6 Å². The van der Waals surface area contributed by atoms with Gasteiger partial charge >= 0.3 is 0 Å². The molecule has 0 saturated heterocycles. The summed E-state index contributed by atoms with van der Waals surface area (Å²) in [5.74, 6) is 3.32. The maximum atomic E-state index is 15.6. The second-order valence-corrected chi connectivity index (χ2v) is 18.3. The van der Waals surface area contributed by atoms with Crippen LogP contribution in [0.15, 0.2) is 84.6 Å². The molecule has 9 rings (SSSR count). The van der Waals surface area contributed by atoms with Gasteiger partial charge in [-0.15, -0.1) is 0 Å². The van der Waals surface area contributed by atoms with Crippen molar-refractivity contribution in [3.8, 4) is 0 Å². The van der Waals surface area contributed by atoms with Gasteiger partial charge in [-0.2, -0.15) is 30.0 Å². The summed E-state index contributed by atoms with van der Waals surface area (Å²) < 4.78 is 31.1. The molecule has 0 atom stereocenters. The topological polar surface area (TPSA) is 77.4 Å². The van der Waals surface area contributed by atoms with Crippen LogP contribution in [0.25, 0.3) is 0 Å². The maximum absolute atomic E-state index is 15.6. The Kier molecular flexibility index (Phi) is 8.48. The monoisotopic (exact) mass is 739 g/mol. The van der Waals surface area contributed by atoms with Crippen molar-refractivity contribution < 1.29 is 8.78 Å². The van der Waals surface area contributed by atoms with Crippen LogP contribution in [0.2, 0.25) is 0 Å². The zero-order valence-electron chi connectivity index (χ0n) is 33.2. The zero-order chi connectivity index (χ0) is 38.4. The third-order valence-electron chi connectivity index (χ3n) is 14.2. The van der Waals surface area contributed by atoms with E-state index >= 15 is 8.78 Å². The third kappa shape index (κ3) is 5.95. The van der Waals surface area contributed by atoms with E-state index in [2.05, 4.69) is 66.7 Å². The molecule has 3 saturated carbocycles. The number of nitrogens with zero attached hydrogens (tertiary/aromatic N) is 7. The van der Waals surface area contributed by atoms with Crippen molar-refractivity contribution in [2.24, 2.45) is 47.7 Å². The number of aryl methyl sites for hydroxylation is 1. The second-order valence-electron chi connectivity index (χ2n) is 18.3. The molecule has 0 N–H and O–H groups in total. The summed E-state index contributed by atoms with van der Waals surface area (Å²) in [5, 5.41) is 0. The van der Waals surface area contributed by atoms with Crippen molar-refractivity contribution in [3.05, 3.63) is 105 Å². The molecule has 0 bridgehead atoms. The predicted molar refractivity (Wildman–Crippen MR) is 219 cm³/mol. The SMILES string of the molecule is Cc1ccc(C2=NC3=NC(c4ccc(F)c(C(C)(C)C5CCC5)c4)=NC4=NC(c5ccc(F)c(C(C)(C)C6CCC6)c5)=NC(=N2)N34)cc1C(C)(C)C1CCC1. The Bertz CT molecular complexity index is 2040. The van der Waals surface area contributed by atoms with Crippen LogP contribution in [0.5, 0.6) is 0 Å². The minimum Gasteiger partial charge on any atom is -0.213 e. The molecule has 0 spiro atoms. The molecular weight excluding hydrogens is 689 g/mol. The fraction of sp³-hybridized carbons (Fsp3) is 0.478. The summed E-state index contributed by atoms with van der Waals surface area (Å²) in [5.41, 5.74) is 5.46. The first-order valence-electron chi connectivity index (χ1n) is 20.3. The van der Waals surface area contributed by atoms with Crippen molar-refractivity contribution in [2.75, 3.05) is 0 Å². The van der Waals surface area contributed by atoms with Crippen molar-refractivity contribution in [1.29, 1.82) is 0 Å². The van der Waals surface area contributed by atoms with Gasteiger partial charge in [-0.1, -0.05) is 72.9 Å². The van der Waals surface area contributed by atoms with E-state index in [0.717, 1.165) is 31.2 Å². The molecule has 3 aromatic rings. The van der Waals surface area contributed by atoms with E-state index in [0.29, 0.717) is 75.4 Å². The normalized spacial score (nSPS) is 20.6. The Morgan fingerprint density at radius 3 is 1.15 bits per heavy atom. The highest BCUT2D eigenvalue weighted by atomic mass is 19.1. The van der Waals surface area contributed by atoms with Crippen LogP contribution < -0.4 is 0 Å². The number of guanidine groups is 3. The highest BCUT2D eigenvalue weighted by molar-refractivity contribution is 6.34. The van der Waals surface area contributed by atoms with E-state index < -0.39 is 0 Å². The summed E-state index contributed by atoms with van der Waals surface area (Å²) in [4.78, 5) is 31.7. The molecule has 284 valence electrons. The Morgan fingerprint density at radius 1 is 0.473 bits per heavy atom. The summed E-state index contributed by atoms with van der Waals surface area (Å²) in [6.07, 6.45) is 10.5. The summed E-state index contributed by atoms with van der Waals surface area (Å²) in [6, 6.07) is 16.8. The number of benzene rings is 3. The molecule has 6 aliphatic rings. The lowest BCUT2D eigenvalue weighted by molar-refractivity contribution is 0.190. The Labute approximate surface area is 323 Å². The molecule has 7 nitrogen and oxygen atoms in total. The predicted octanol–water partition coefficient (Wildman–Crippen LogP) is 10.6. The van der Waals surface area contributed by atoms with Crippen molar-refractivity contribution >= 4 is 35.4 Å². The summed E-state index contributed by atoms with van der Waals surface area (Å²) in [6.45, 7) is 15.4. The maximum Gasteiger partial charge on any atom is 0.243 e. The minimum absolute atomic E-state index is 0.00597. The number of rotatable bonds is 9. The molecular formula is C46H51F2N7. The average Bonchev–Trinajstić information content (AvgIpc) is 3.05. The molecule has 0 unspecified atom stereocenters. The largest absolute Gasteiger partial charge is 0.243 e. The molecule has 3 aliphatic carbocycles. The Balaban J connectivity index is 1.18. The second kappa shape index (κ2) is 13.0. The van der Waals surface area contributed by atoms with Gasteiger partial charge in [-0.05, 0) is 144 Å². The quantitative estimate of drug-likeness (QED) is 0.215. The fourth-order valence-corrected chi connectivity index (χ4v) is 9.50. The summed E-state index contributed by atoms with van der Waals surface area (Å²) in [7, 11) is 0. The molecule has 0 amide bonds. The van der Waals surface area contributed by atoms with Gasteiger partial charge in [0.2, 0.25) is 17.9 Å². The molecule has 55 heavy (non-hydrogen) atoms. The van der Waals surface area contributed by atoms with Crippen LogP contribution >= 0.6 is 0 Å². The van der Waals surface area contributed by atoms with Crippen LogP contribution in [0.4, 0.5) is 8.78 Å². The van der Waals surface area contributed by atoms with Gasteiger partial charge in [-0.3, -0.25) is 0 Å². The smallest absolute Gasteiger partial charge is 0.213 e. The lowest BCUT2D eigenvalue weighted by atomic mass is 9.63. The molecule has 3 fully saturated rings. The van der Waals surface area contributed by atoms with Crippen LogP contribution in [-0.2, 0) is 16.2 Å². The first-order valence-corrected chi connectivity index (χ1v) is 20.3. The number of aliphatic imine (C=N–C) groups is 6. The van der Waals surface area contributed by atoms with Crippen molar-refractivity contribution in [3.63, 3.8) is 0 Å². The first-order chi connectivity index (χ1) is 26.2. The average molecular weight is 740 g/mol. The van der Waals surface area contributed by atoms with E-state index in [1.807, 2.05) is 12.1 Å². The standard InChI is InChI=1S/C46H51F2N7/c1-26-17-18-27(23-33(26)44(2,3)30-11-8-12-30)38-49-41-51-39(28-19-21-36(47)34(24-28)45(4,5)31-13-9-14-31)53-43-54-40(52-42(50-38)55(41)43)29-20-22-37(48)35(25-29)46(6,7)32-15-10-16-32/h17-25,30-32H,8-16H2,1-7H3. The van der Waals surface area contributed by atoms with Crippen molar-refractivity contribution in [1.82, 2.24) is 4.90 Å². The van der Waals surface area contributed by atoms with E-state index in [-0.39, 0.29) is 27.9 Å². The molecule has 9 heteroatoms. The molecule has 3 aliphatic heterocycles. The highest BCUT2D eigenvalue weighted by Crippen LogP contribution is 2.47.